The third kappa shape index (κ3) is 1.98. The van der Waals surface area contributed by atoms with Crippen LogP contribution in [0, 0.1) is 5.92 Å². The highest BCUT2D eigenvalue weighted by Crippen LogP contribution is 2.47. The number of rotatable bonds is 1. The highest BCUT2D eigenvalue weighted by atomic mass is 32.1. The van der Waals surface area contributed by atoms with Crippen LogP contribution < -0.4 is 4.74 Å². The lowest BCUT2D eigenvalue weighted by atomic mass is 9.88. The molecule has 3 heterocycles. The molecule has 0 radical (unpaired) electrons. The second kappa shape index (κ2) is 5.33. The van der Waals surface area contributed by atoms with Gasteiger partial charge in [0.25, 0.3) is 5.91 Å². The summed E-state index contributed by atoms with van der Waals surface area (Å²) in [4.78, 5) is 19.4. The predicted molar refractivity (Wildman–Crippen MR) is 92.1 cm³/mol. The molecular weight excluding hydrogens is 322 g/mol. The Hall–Kier alpha value is -2.37. The number of nitrogens with zero attached hydrogens (tertiary/aromatic N) is 1. The molecule has 1 saturated heterocycles. The van der Waals surface area contributed by atoms with Gasteiger partial charge in [0, 0.05) is 11.5 Å². The molecule has 1 aromatic heterocycles. The monoisotopic (exact) mass is 337 g/mol. The molecule has 5 rings (SSSR count). The van der Waals surface area contributed by atoms with Gasteiger partial charge in [-0.3, -0.25) is 9.63 Å². The van der Waals surface area contributed by atoms with Gasteiger partial charge in [0.2, 0.25) is 0 Å². The van der Waals surface area contributed by atoms with E-state index in [0.29, 0.717) is 18.1 Å². The van der Waals surface area contributed by atoms with Gasteiger partial charge in [0.05, 0.1) is 24.1 Å². The van der Waals surface area contributed by atoms with Crippen molar-refractivity contribution in [3.8, 4) is 5.75 Å². The van der Waals surface area contributed by atoms with E-state index in [4.69, 9.17) is 9.57 Å². The molecule has 0 aliphatic carbocycles. The quantitative estimate of drug-likeness (QED) is 0.673. The van der Waals surface area contributed by atoms with Crippen LogP contribution in [0.1, 0.15) is 21.3 Å². The van der Waals surface area contributed by atoms with Crippen LogP contribution in [0.3, 0.4) is 0 Å². The van der Waals surface area contributed by atoms with Crippen molar-refractivity contribution >= 4 is 28.0 Å². The molecule has 0 unspecified atom stereocenters. The van der Waals surface area contributed by atoms with Crippen LogP contribution in [0.25, 0.3) is 10.8 Å². The Morgan fingerprint density at radius 3 is 2.88 bits per heavy atom. The first-order valence-corrected chi connectivity index (χ1v) is 8.85. The largest absolute Gasteiger partial charge is 0.493 e. The number of hydrogen-bond acceptors (Lipinski definition) is 4. The van der Waals surface area contributed by atoms with Gasteiger partial charge in [-0.2, -0.15) is 0 Å². The highest BCUT2D eigenvalue weighted by Gasteiger charge is 2.45. The summed E-state index contributed by atoms with van der Waals surface area (Å²) in [5.41, 5.74) is 1.06. The molecule has 5 heteroatoms. The molecule has 120 valence electrons. The van der Waals surface area contributed by atoms with E-state index in [1.807, 2.05) is 35.7 Å². The van der Waals surface area contributed by atoms with Gasteiger partial charge >= 0.3 is 0 Å². The number of thiophene rings is 1. The van der Waals surface area contributed by atoms with E-state index in [-0.39, 0.29) is 17.9 Å². The molecular formula is C19H15NO3S. The summed E-state index contributed by atoms with van der Waals surface area (Å²) in [6.45, 7) is 1.08. The van der Waals surface area contributed by atoms with Crippen molar-refractivity contribution in [2.75, 3.05) is 13.2 Å². The summed E-state index contributed by atoms with van der Waals surface area (Å²) >= 11 is 1.44. The van der Waals surface area contributed by atoms with Gasteiger partial charge in [0.15, 0.2) is 0 Å². The zero-order valence-corrected chi connectivity index (χ0v) is 13.7. The summed E-state index contributed by atoms with van der Waals surface area (Å²) in [6.07, 6.45) is 0. The summed E-state index contributed by atoms with van der Waals surface area (Å²) in [5, 5.41) is 5.74. The van der Waals surface area contributed by atoms with Crippen LogP contribution in [0.15, 0.2) is 53.9 Å². The molecule has 4 nitrogen and oxygen atoms in total. The zero-order valence-electron chi connectivity index (χ0n) is 12.8. The predicted octanol–water partition coefficient (Wildman–Crippen LogP) is 4.04. The van der Waals surface area contributed by atoms with Gasteiger partial charge in [-0.05, 0) is 28.3 Å². The molecule has 1 fully saturated rings. The Kier molecular flexibility index (Phi) is 3.11. The lowest BCUT2D eigenvalue weighted by Gasteiger charge is -2.32. The number of fused-ring (bicyclic) bond motifs is 5. The lowest BCUT2D eigenvalue weighted by molar-refractivity contribution is -0.0962. The fourth-order valence-corrected chi connectivity index (χ4v) is 4.28. The van der Waals surface area contributed by atoms with Crippen molar-refractivity contribution in [2.24, 2.45) is 5.92 Å². The Morgan fingerprint density at radius 1 is 1.08 bits per heavy atom. The fraction of sp³-hybridized carbons (Fsp3) is 0.211. The van der Waals surface area contributed by atoms with Crippen LogP contribution in [0.4, 0.5) is 0 Å². The number of carbonyl (C=O) groups is 1. The molecule has 1 amide bonds. The van der Waals surface area contributed by atoms with Crippen molar-refractivity contribution in [1.29, 1.82) is 0 Å². The van der Waals surface area contributed by atoms with Crippen LogP contribution in [0.5, 0.6) is 5.75 Å². The van der Waals surface area contributed by atoms with E-state index < -0.39 is 0 Å². The average molecular weight is 337 g/mol. The number of hydroxylamine groups is 2. The molecule has 0 saturated carbocycles. The van der Waals surface area contributed by atoms with E-state index in [1.165, 1.54) is 11.3 Å². The van der Waals surface area contributed by atoms with Crippen molar-refractivity contribution in [3.05, 3.63) is 64.4 Å². The third-order valence-electron chi connectivity index (χ3n) is 4.74. The van der Waals surface area contributed by atoms with Crippen molar-refractivity contribution in [2.45, 2.75) is 6.04 Å². The Bertz CT molecular complexity index is 922. The maximum absolute atomic E-state index is 12.9. The number of amides is 1. The van der Waals surface area contributed by atoms with Gasteiger partial charge < -0.3 is 4.74 Å². The van der Waals surface area contributed by atoms with E-state index in [2.05, 4.69) is 18.2 Å². The molecule has 24 heavy (non-hydrogen) atoms. The molecule has 2 aromatic carbocycles. The van der Waals surface area contributed by atoms with E-state index in [1.54, 1.807) is 5.06 Å². The standard InChI is InChI=1S/C19H15NO3S/c21-19(16-6-3-9-24-16)20-18-13(11-23-20)10-22-15-8-7-12-4-1-2-5-14(12)17(15)18/h1-9,13,18H,10-11H2/t13-,18+/m0/s1. The molecule has 2 aliphatic rings. The molecule has 0 bridgehead atoms. The maximum Gasteiger partial charge on any atom is 0.288 e. The van der Waals surface area contributed by atoms with Crippen LogP contribution >= 0.6 is 11.3 Å². The minimum atomic E-state index is -0.102. The molecule has 0 spiro atoms. The first-order chi connectivity index (χ1) is 11.8. The minimum Gasteiger partial charge on any atom is -0.493 e. The number of hydrogen-bond donors (Lipinski definition) is 0. The van der Waals surface area contributed by atoms with E-state index in [0.717, 1.165) is 22.1 Å². The Labute approximate surface area is 143 Å². The Morgan fingerprint density at radius 2 is 2.00 bits per heavy atom. The van der Waals surface area contributed by atoms with E-state index >= 15 is 0 Å². The summed E-state index contributed by atoms with van der Waals surface area (Å²) in [7, 11) is 0. The van der Waals surface area contributed by atoms with Gasteiger partial charge in [-0.25, -0.2) is 5.06 Å². The lowest BCUT2D eigenvalue weighted by Crippen LogP contribution is -2.34. The third-order valence-corrected chi connectivity index (χ3v) is 5.60. The summed E-state index contributed by atoms with van der Waals surface area (Å²) in [6, 6.07) is 15.9. The maximum atomic E-state index is 12.9. The number of benzene rings is 2. The highest BCUT2D eigenvalue weighted by molar-refractivity contribution is 7.12. The van der Waals surface area contributed by atoms with E-state index in [9.17, 15) is 4.79 Å². The second-order valence-electron chi connectivity index (χ2n) is 6.12. The minimum absolute atomic E-state index is 0.0710. The summed E-state index contributed by atoms with van der Waals surface area (Å²) in [5.74, 6) is 0.940. The molecule has 3 aromatic rings. The van der Waals surface area contributed by atoms with Crippen molar-refractivity contribution < 1.29 is 14.4 Å². The normalized spacial score (nSPS) is 22.1. The van der Waals surface area contributed by atoms with Gasteiger partial charge in [0.1, 0.15) is 5.75 Å². The summed E-state index contributed by atoms with van der Waals surface area (Å²) < 4.78 is 5.95. The van der Waals surface area contributed by atoms with Crippen LogP contribution in [0.2, 0.25) is 0 Å². The topological polar surface area (TPSA) is 38.8 Å². The first-order valence-electron chi connectivity index (χ1n) is 7.97. The average Bonchev–Trinajstić information content (AvgIpc) is 3.30. The first kappa shape index (κ1) is 14.0. The SMILES string of the molecule is O=C(c1cccs1)N1OC[C@@H]2COc3ccc4ccccc4c3[C@@H]21. The second-order valence-corrected chi connectivity index (χ2v) is 7.07. The smallest absolute Gasteiger partial charge is 0.288 e. The Balaban J connectivity index is 1.66. The van der Waals surface area contributed by atoms with Crippen LogP contribution in [-0.4, -0.2) is 24.2 Å². The molecule has 2 atom stereocenters. The fourth-order valence-electron chi connectivity index (χ4n) is 3.63. The zero-order chi connectivity index (χ0) is 16.1. The van der Waals surface area contributed by atoms with Crippen molar-refractivity contribution in [3.63, 3.8) is 0 Å². The number of ether oxygens (including phenoxy) is 1. The molecule has 0 N–H and O–H groups in total. The number of carbonyl (C=O) groups excluding carboxylic acids is 1. The van der Waals surface area contributed by atoms with Crippen LogP contribution in [-0.2, 0) is 4.84 Å². The molecule has 2 aliphatic heterocycles. The van der Waals surface area contributed by atoms with Crippen molar-refractivity contribution in [1.82, 2.24) is 5.06 Å². The van der Waals surface area contributed by atoms with Gasteiger partial charge in [-0.1, -0.05) is 36.4 Å². The van der Waals surface area contributed by atoms with Gasteiger partial charge in [-0.15, -0.1) is 11.3 Å².